The van der Waals surface area contributed by atoms with Crippen LogP contribution in [0.1, 0.15) is 38.9 Å². The Morgan fingerprint density at radius 1 is 1.50 bits per heavy atom. The van der Waals surface area contributed by atoms with Crippen molar-refractivity contribution in [3.8, 4) is 0 Å². The largest absolute Gasteiger partial charge is 0.330 e. The van der Waals surface area contributed by atoms with Gasteiger partial charge in [0.25, 0.3) is 0 Å². The summed E-state index contributed by atoms with van der Waals surface area (Å²) in [4.78, 5) is 2.49. The Hall–Kier alpha value is -0.580. The molecule has 1 unspecified atom stereocenters. The van der Waals surface area contributed by atoms with Crippen molar-refractivity contribution in [2.45, 2.75) is 39.8 Å². The molecular weight excluding hydrogens is 248 g/mol. The Morgan fingerprint density at radius 2 is 2.22 bits per heavy atom. The van der Waals surface area contributed by atoms with E-state index < -0.39 is 0 Å². The maximum absolute atomic E-state index is 5.84. The van der Waals surface area contributed by atoms with Gasteiger partial charge in [-0.15, -0.1) is 12.4 Å². The van der Waals surface area contributed by atoms with Crippen molar-refractivity contribution in [3.63, 3.8) is 0 Å². The number of aromatic nitrogens is 2. The molecule has 0 saturated carbocycles. The van der Waals surface area contributed by atoms with Crippen LogP contribution in [0.3, 0.4) is 0 Å². The van der Waals surface area contributed by atoms with Gasteiger partial charge >= 0.3 is 0 Å². The highest BCUT2D eigenvalue weighted by Gasteiger charge is 2.32. The first-order valence-corrected chi connectivity index (χ1v) is 6.49. The zero-order valence-electron chi connectivity index (χ0n) is 11.6. The number of rotatable bonds is 4. The van der Waals surface area contributed by atoms with Gasteiger partial charge in [-0.3, -0.25) is 9.58 Å². The molecule has 1 saturated heterocycles. The lowest BCUT2D eigenvalue weighted by molar-refractivity contribution is 0.265. The molecule has 1 aromatic rings. The van der Waals surface area contributed by atoms with Gasteiger partial charge in [0.1, 0.15) is 0 Å². The molecule has 0 amide bonds. The van der Waals surface area contributed by atoms with Gasteiger partial charge in [-0.25, -0.2) is 0 Å². The third kappa shape index (κ3) is 3.25. The van der Waals surface area contributed by atoms with Gasteiger partial charge in [-0.1, -0.05) is 6.92 Å². The Kier molecular flexibility index (Phi) is 5.20. The molecule has 0 aliphatic carbocycles. The highest BCUT2D eigenvalue weighted by molar-refractivity contribution is 5.85. The van der Waals surface area contributed by atoms with E-state index in [2.05, 4.69) is 41.5 Å². The fraction of sp³-hybridized carbons (Fsp3) is 0.769. The van der Waals surface area contributed by atoms with E-state index in [9.17, 15) is 0 Å². The van der Waals surface area contributed by atoms with Gasteiger partial charge in [0.05, 0.1) is 5.69 Å². The highest BCUT2D eigenvalue weighted by Crippen LogP contribution is 2.29. The fourth-order valence-corrected chi connectivity index (χ4v) is 2.59. The number of halogens is 1. The van der Waals surface area contributed by atoms with Crippen LogP contribution in [0.15, 0.2) is 12.3 Å². The molecule has 1 aromatic heterocycles. The van der Waals surface area contributed by atoms with Crippen LogP contribution in [0.5, 0.6) is 0 Å². The van der Waals surface area contributed by atoms with Crippen LogP contribution >= 0.6 is 12.4 Å². The van der Waals surface area contributed by atoms with Crippen molar-refractivity contribution in [2.75, 3.05) is 19.6 Å². The van der Waals surface area contributed by atoms with E-state index >= 15 is 0 Å². The van der Waals surface area contributed by atoms with Crippen LogP contribution in [0.4, 0.5) is 0 Å². The van der Waals surface area contributed by atoms with Crippen LogP contribution < -0.4 is 5.73 Å². The normalized spacial score (nSPS) is 24.5. The van der Waals surface area contributed by atoms with Crippen molar-refractivity contribution in [3.05, 3.63) is 18.0 Å². The Balaban J connectivity index is 0.00000162. The number of hydrogen-bond donors (Lipinski definition) is 1. The van der Waals surface area contributed by atoms with Crippen LogP contribution in [0, 0.1) is 5.41 Å². The maximum Gasteiger partial charge on any atom is 0.0527 e. The van der Waals surface area contributed by atoms with Crippen molar-refractivity contribution in [2.24, 2.45) is 11.1 Å². The molecule has 1 fully saturated rings. The molecule has 1 aliphatic heterocycles. The summed E-state index contributed by atoms with van der Waals surface area (Å²) in [6.07, 6.45) is 3.10. The molecule has 1 atom stereocenters. The quantitative estimate of drug-likeness (QED) is 0.913. The zero-order chi connectivity index (χ0) is 12.5. The van der Waals surface area contributed by atoms with Crippen molar-refractivity contribution in [1.82, 2.24) is 14.7 Å². The molecular formula is C13H25ClN4. The summed E-state index contributed by atoms with van der Waals surface area (Å²) in [6, 6.07) is 2.56. The molecule has 5 heteroatoms. The smallest absolute Gasteiger partial charge is 0.0527 e. The minimum atomic E-state index is 0. The average Bonchev–Trinajstić information content (AvgIpc) is 2.87. The average molecular weight is 273 g/mol. The predicted octanol–water partition coefficient (Wildman–Crippen LogP) is 2.06. The van der Waals surface area contributed by atoms with Gasteiger partial charge in [0.2, 0.25) is 0 Å². The van der Waals surface area contributed by atoms with Crippen LogP contribution in [-0.2, 0) is 6.54 Å². The first-order valence-electron chi connectivity index (χ1n) is 6.49. The molecule has 104 valence electrons. The first kappa shape index (κ1) is 15.5. The van der Waals surface area contributed by atoms with E-state index in [4.69, 9.17) is 5.73 Å². The molecule has 2 rings (SSSR count). The second-order valence-corrected chi connectivity index (χ2v) is 5.84. The van der Waals surface area contributed by atoms with Gasteiger partial charge in [-0.2, -0.15) is 5.10 Å². The van der Waals surface area contributed by atoms with E-state index in [1.165, 1.54) is 12.1 Å². The van der Waals surface area contributed by atoms with Crippen molar-refractivity contribution in [1.29, 1.82) is 0 Å². The van der Waals surface area contributed by atoms with E-state index in [1.807, 2.05) is 6.20 Å². The van der Waals surface area contributed by atoms with Gasteiger partial charge in [-0.05, 0) is 44.8 Å². The molecule has 0 bridgehead atoms. The number of hydrogen-bond acceptors (Lipinski definition) is 3. The number of nitrogens with zero attached hydrogens (tertiary/aromatic N) is 3. The van der Waals surface area contributed by atoms with Gasteiger partial charge in [0.15, 0.2) is 0 Å². The fourth-order valence-electron chi connectivity index (χ4n) is 2.59. The van der Waals surface area contributed by atoms with Crippen LogP contribution in [0.25, 0.3) is 0 Å². The highest BCUT2D eigenvalue weighted by atomic mass is 35.5. The monoisotopic (exact) mass is 272 g/mol. The van der Waals surface area contributed by atoms with Crippen LogP contribution in [0.2, 0.25) is 0 Å². The SMILES string of the molecule is CC(C)n1nccc1CN1CCC(C)(CN)C1.Cl. The maximum atomic E-state index is 5.84. The molecule has 2 N–H and O–H groups in total. The van der Waals surface area contributed by atoms with E-state index in [-0.39, 0.29) is 12.4 Å². The van der Waals surface area contributed by atoms with Crippen molar-refractivity contribution < 1.29 is 0 Å². The minimum Gasteiger partial charge on any atom is -0.330 e. The lowest BCUT2D eigenvalue weighted by Crippen LogP contribution is -2.31. The molecule has 0 radical (unpaired) electrons. The van der Waals surface area contributed by atoms with E-state index in [1.54, 1.807) is 0 Å². The first-order chi connectivity index (χ1) is 8.04. The second kappa shape index (κ2) is 6.04. The van der Waals surface area contributed by atoms with E-state index in [0.717, 1.165) is 26.2 Å². The molecule has 1 aliphatic rings. The number of likely N-dealkylation sites (tertiary alicyclic amines) is 1. The lowest BCUT2D eigenvalue weighted by Gasteiger charge is -2.23. The molecule has 2 heterocycles. The third-order valence-electron chi connectivity index (χ3n) is 3.76. The van der Waals surface area contributed by atoms with Crippen molar-refractivity contribution >= 4 is 12.4 Å². The molecule has 0 spiro atoms. The summed E-state index contributed by atoms with van der Waals surface area (Å²) in [7, 11) is 0. The topological polar surface area (TPSA) is 47.1 Å². The summed E-state index contributed by atoms with van der Waals surface area (Å²) in [5.41, 5.74) is 7.45. The van der Waals surface area contributed by atoms with E-state index in [0.29, 0.717) is 11.5 Å². The van der Waals surface area contributed by atoms with Crippen LogP contribution in [-0.4, -0.2) is 34.3 Å². The Bertz CT molecular complexity index is 377. The standard InChI is InChI=1S/C13H24N4.ClH/c1-11(2)17-12(4-6-15-17)8-16-7-5-13(3,9-14)10-16;/h4,6,11H,5,7-10,14H2,1-3H3;1H. The minimum absolute atomic E-state index is 0. The predicted molar refractivity (Wildman–Crippen MR) is 76.9 cm³/mol. The Morgan fingerprint density at radius 3 is 2.78 bits per heavy atom. The molecule has 18 heavy (non-hydrogen) atoms. The molecule has 0 aromatic carbocycles. The second-order valence-electron chi connectivity index (χ2n) is 5.84. The summed E-state index contributed by atoms with van der Waals surface area (Å²) < 4.78 is 2.11. The molecule has 4 nitrogen and oxygen atoms in total. The number of nitrogens with two attached hydrogens (primary N) is 1. The summed E-state index contributed by atoms with van der Waals surface area (Å²) in [6.45, 7) is 10.7. The zero-order valence-corrected chi connectivity index (χ0v) is 12.4. The Labute approximate surface area is 116 Å². The van der Waals surface area contributed by atoms with Gasteiger partial charge < -0.3 is 5.73 Å². The van der Waals surface area contributed by atoms with Gasteiger partial charge in [0, 0.05) is 25.3 Å². The summed E-state index contributed by atoms with van der Waals surface area (Å²) >= 11 is 0. The summed E-state index contributed by atoms with van der Waals surface area (Å²) in [5, 5.41) is 4.38. The lowest BCUT2D eigenvalue weighted by atomic mass is 9.90. The summed E-state index contributed by atoms with van der Waals surface area (Å²) in [5.74, 6) is 0. The third-order valence-corrected chi connectivity index (χ3v) is 3.76.